The van der Waals surface area contributed by atoms with Crippen LogP contribution < -0.4 is 0 Å². The Morgan fingerprint density at radius 1 is 1.55 bits per heavy atom. The van der Waals surface area contributed by atoms with Crippen LogP contribution in [-0.2, 0) is 0 Å². The van der Waals surface area contributed by atoms with Crippen LogP contribution in [0.1, 0.15) is 13.8 Å². The molecule has 11 heavy (non-hydrogen) atoms. The zero-order valence-electron chi connectivity index (χ0n) is 6.70. The normalized spacial score (nSPS) is 12.0. The lowest BCUT2D eigenvalue weighted by atomic mass is 10.2. The topological polar surface area (TPSA) is 43.1 Å². The first kappa shape index (κ1) is 9.62. The van der Waals surface area contributed by atoms with E-state index in [2.05, 4.69) is 6.58 Å². The van der Waals surface area contributed by atoms with Crippen molar-refractivity contribution < 1.29 is 4.92 Å². The molecule has 0 aromatic carbocycles. The molecule has 3 heteroatoms. The maximum atomic E-state index is 10.0. The predicted molar refractivity (Wildman–Crippen MR) is 44.7 cm³/mol. The summed E-state index contributed by atoms with van der Waals surface area (Å²) in [6, 6.07) is 0. The van der Waals surface area contributed by atoms with Gasteiger partial charge in [0.1, 0.15) is 0 Å². The van der Waals surface area contributed by atoms with E-state index in [1.807, 2.05) is 19.9 Å². The summed E-state index contributed by atoms with van der Waals surface area (Å²) in [4.78, 5) is 9.52. The molecule has 0 bridgehead atoms. The van der Waals surface area contributed by atoms with Crippen molar-refractivity contribution in [3.63, 3.8) is 0 Å². The summed E-state index contributed by atoms with van der Waals surface area (Å²) < 4.78 is 0. The van der Waals surface area contributed by atoms with Crippen LogP contribution >= 0.6 is 0 Å². The summed E-state index contributed by atoms with van der Waals surface area (Å²) in [6.45, 7) is 6.98. The Morgan fingerprint density at radius 3 is 2.45 bits per heavy atom. The minimum absolute atomic E-state index is 0.0915. The van der Waals surface area contributed by atoms with Crippen molar-refractivity contribution in [1.82, 2.24) is 0 Å². The van der Waals surface area contributed by atoms with Gasteiger partial charge >= 0.3 is 0 Å². The molecule has 0 atom stereocenters. The van der Waals surface area contributed by atoms with Crippen molar-refractivity contribution in [2.45, 2.75) is 13.8 Å². The highest BCUT2D eigenvalue weighted by Crippen LogP contribution is 1.98. The van der Waals surface area contributed by atoms with E-state index in [0.29, 0.717) is 0 Å². The Morgan fingerprint density at radius 2 is 2.09 bits per heavy atom. The first-order valence-corrected chi connectivity index (χ1v) is 3.22. The standard InChI is InChI=1S/C8H11NO2/c1-4-7(2)5-6-8(3)9(10)11/h4-6H,3H2,1-2H3/b6-5-,7-4-. The van der Waals surface area contributed by atoms with Gasteiger partial charge in [-0.15, -0.1) is 0 Å². The highest BCUT2D eigenvalue weighted by Gasteiger charge is 1.98. The fourth-order valence-electron chi connectivity index (χ4n) is 0.385. The van der Waals surface area contributed by atoms with Gasteiger partial charge < -0.3 is 0 Å². The quantitative estimate of drug-likeness (QED) is 0.354. The molecular weight excluding hydrogens is 142 g/mol. The van der Waals surface area contributed by atoms with Gasteiger partial charge in [-0.25, -0.2) is 0 Å². The average molecular weight is 153 g/mol. The number of hydrogen-bond acceptors (Lipinski definition) is 2. The van der Waals surface area contributed by atoms with Gasteiger partial charge in [0.2, 0.25) is 0 Å². The van der Waals surface area contributed by atoms with Crippen molar-refractivity contribution in [3.8, 4) is 0 Å². The minimum Gasteiger partial charge on any atom is -0.258 e. The number of hydrogen-bond donors (Lipinski definition) is 0. The molecule has 0 saturated carbocycles. The van der Waals surface area contributed by atoms with E-state index in [1.165, 1.54) is 6.08 Å². The highest BCUT2D eigenvalue weighted by molar-refractivity contribution is 5.20. The van der Waals surface area contributed by atoms with Gasteiger partial charge in [0.15, 0.2) is 0 Å². The molecular formula is C8H11NO2. The summed E-state index contributed by atoms with van der Waals surface area (Å²) >= 11 is 0. The molecule has 0 amide bonds. The Kier molecular flexibility index (Phi) is 3.88. The monoisotopic (exact) mass is 153 g/mol. The molecule has 0 N–H and O–H groups in total. The molecule has 60 valence electrons. The van der Waals surface area contributed by atoms with Crippen molar-refractivity contribution in [2.24, 2.45) is 0 Å². The smallest absolute Gasteiger partial charge is 0.258 e. The maximum absolute atomic E-state index is 10.0. The van der Waals surface area contributed by atoms with Crippen LogP contribution in [0.15, 0.2) is 36.1 Å². The third kappa shape index (κ3) is 4.08. The lowest BCUT2D eigenvalue weighted by Crippen LogP contribution is -1.92. The Hall–Kier alpha value is -1.38. The second-order valence-electron chi connectivity index (χ2n) is 2.11. The molecule has 0 aliphatic carbocycles. The fraction of sp³-hybridized carbons (Fsp3) is 0.250. The lowest BCUT2D eigenvalue weighted by molar-refractivity contribution is -0.418. The van der Waals surface area contributed by atoms with E-state index in [4.69, 9.17) is 0 Å². The second-order valence-corrected chi connectivity index (χ2v) is 2.11. The molecule has 0 aliphatic rings. The van der Waals surface area contributed by atoms with Crippen LogP contribution in [0.3, 0.4) is 0 Å². The van der Waals surface area contributed by atoms with Crippen LogP contribution in [0, 0.1) is 10.1 Å². The maximum Gasteiger partial charge on any atom is 0.262 e. The summed E-state index contributed by atoms with van der Waals surface area (Å²) in [7, 11) is 0. The second kappa shape index (κ2) is 4.44. The molecule has 0 aromatic heterocycles. The lowest BCUT2D eigenvalue weighted by Gasteiger charge is -1.87. The zero-order valence-corrected chi connectivity index (χ0v) is 6.70. The third-order valence-electron chi connectivity index (χ3n) is 1.23. The van der Waals surface area contributed by atoms with E-state index in [0.717, 1.165) is 5.57 Å². The molecule has 0 rings (SSSR count). The number of nitrogens with zero attached hydrogens (tertiary/aromatic N) is 1. The fourth-order valence-corrected chi connectivity index (χ4v) is 0.385. The molecule has 0 unspecified atom stereocenters. The first-order chi connectivity index (χ1) is 5.07. The molecule has 3 nitrogen and oxygen atoms in total. The van der Waals surface area contributed by atoms with Gasteiger partial charge in [-0.05, 0) is 20.4 Å². The van der Waals surface area contributed by atoms with Crippen LogP contribution in [0.4, 0.5) is 0 Å². The largest absolute Gasteiger partial charge is 0.262 e. The van der Waals surface area contributed by atoms with E-state index in [-0.39, 0.29) is 5.70 Å². The molecule has 0 fully saturated rings. The Bertz CT molecular complexity index is 226. The molecule has 0 aliphatic heterocycles. The Labute approximate surface area is 65.9 Å². The summed E-state index contributed by atoms with van der Waals surface area (Å²) in [5.74, 6) is 0. The minimum atomic E-state index is -0.514. The predicted octanol–water partition coefficient (Wildman–Crippen LogP) is 2.30. The van der Waals surface area contributed by atoms with Gasteiger partial charge in [-0.1, -0.05) is 17.7 Å². The molecule has 0 aromatic rings. The van der Waals surface area contributed by atoms with Crippen molar-refractivity contribution in [1.29, 1.82) is 0 Å². The van der Waals surface area contributed by atoms with Crippen molar-refractivity contribution in [3.05, 3.63) is 46.2 Å². The van der Waals surface area contributed by atoms with Crippen molar-refractivity contribution >= 4 is 0 Å². The van der Waals surface area contributed by atoms with Gasteiger partial charge in [0, 0.05) is 6.08 Å². The SMILES string of the molecule is C=C(/C=C\C(C)=C/C)[N+](=O)[O-]. The van der Waals surface area contributed by atoms with E-state index in [1.54, 1.807) is 6.08 Å². The summed E-state index contributed by atoms with van der Waals surface area (Å²) in [5, 5.41) is 10.0. The summed E-state index contributed by atoms with van der Waals surface area (Å²) in [5.41, 5.74) is 0.888. The molecule has 0 heterocycles. The number of nitro groups is 1. The molecule has 0 spiro atoms. The Balaban J connectivity index is 4.15. The van der Waals surface area contributed by atoms with E-state index < -0.39 is 4.92 Å². The average Bonchev–Trinajstić information content (AvgIpc) is 1.99. The van der Waals surface area contributed by atoms with Crippen molar-refractivity contribution in [2.75, 3.05) is 0 Å². The van der Waals surface area contributed by atoms with E-state index >= 15 is 0 Å². The number of allylic oxidation sites excluding steroid dienone is 4. The van der Waals surface area contributed by atoms with Gasteiger partial charge in [0.05, 0.1) is 4.92 Å². The highest BCUT2D eigenvalue weighted by atomic mass is 16.6. The summed E-state index contributed by atoms with van der Waals surface area (Å²) in [6.07, 6.45) is 4.91. The van der Waals surface area contributed by atoms with Gasteiger partial charge in [-0.2, -0.15) is 0 Å². The van der Waals surface area contributed by atoms with E-state index in [9.17, 15) is 10.1 Å². The van der Waals surface area contributed by atoms with Gasteiger partial charge in [-0.3, -0.25) is 10.1 Å². The van der Waals surface area contributed by atoms with Crippen LogP contribution in [-0.4, -0.2) is 4.92 Å². The molecule has 0 saturated heterocycles. The third-order valence-corrected chi connectivity index (χ3v) is 1.23. The van der Waals surface area contributed by atoms with Crippen LogP contribution in [0.5, 0.6) is 0 Å². The van der Waals surface area contributed by atoms with Crippen LogP contribution in [0.2, 0.25) is 0 Å². The van der Waals surface area contributed by atoms with Gasteiger partial charge in [0.25, 0.3) is 5.70 Å². The first-order valence-electron chi connectivity index (χ1n) is 3.22. The molecule has 0 radical (unpaired) electrons. The van der Waals surface area contributed by atoms with Crippen LogP contribution in [0.25, 0.3) is 0 Å². The number of rotatable bonds is 3. The zero-order chi connectivity index (χ0) is 8.85.